The van der Waals surface area contributed by atoms with Gasteiger partial charge in [-0.15, -0.1) is 0 Å². The van der Waals surface area contributed by atoms with Gasteiger partial charge in [0.15, 0.2) is 5.82 Å². The molecular weight excluding hydrogens is 349 g/mol. The first kappa shape index (κ1) is 18.8. The van der Waals surface area contributed by atoms with Crippen LogP contribution in [0.5, 0.6) is 0 Å². The van der Waals surface area contributed by atoms with Crippen molar-refractivity contribution in [2.24, 2.45) is 0 Å². The van der Waals surface area contributed by atoms with E-state index in [1.54, 1.807) is 12.1 Å². The number of hydrogen-bond acceptors (Lipinski definition) is 5. The van der Waals surface area contributed by atoms with Gasteiger partial charge in [-0.25, -0.2) is 4.39 Å². The Kier molecular flexibility index (Phi) is 5.34. The monoisotopic (exact) mass is 371 g/mol. The van der Waals surface area contributed by atoms with Crippen LogP contribution >= 0.6 is 0 Å². The number of aromatic amines is 1. The van der Waals surface area contributed by atoms with Crippen LogP contribution in [0.4, 0.5) is 10.2 Å². The largest absolute Gasteiger partial charge is 0.339 e. The summed E-state index contributed by atoms with van der Waals surface area (Å²) in [6.07, 6.45) is 1.36. The van der Waals surface area contributed by atoms with E-state index in [-0.39, 0.29) is 17.1 Å². The molecule has 1 aromatic carbocycles. The quantitative estimate of drug-likeness (QED) is 0.686. The maximum Gasteiger partial charge on any atom is 0.226 e. The molecule has 0 saturated carbocycles. The number of carbonyl (C=O) groups excluding carboxylic acids is 1. The Balaban J connectivity index is 1.48. The topological polar surface area (TPSA) is 96.7 Å². The molecule has 0 aliphatic rings. The number of H-pyrrole nitrogens is 1. The highest BCUT2D eigenvalue weighted by molar-refractivity contribution is 5.89. The second-order valence-electron chi connectivity index (χ2n) is 7.34. The highest BCUT2D eigenvalue weighted by Gasteiger charge is 2.17. The van der Waals surface area contributed by atoms with E-state index < -0.39 is 0 Å². The molecule has 0 aliphatic heterocycles. The maximum atomic E-state index is 13.0. The van der Waals surface area contributed by atoms with Crippen molar-refractivity contribution in [3.8, 4) is 11.4 Å². The fraction of sp³-hybridized carbons (Fsp3) is 0.368. The first-order valence-electron chi connectivity index (χ1n) is 8.75. The number of anilines is 1. The lowest BCUT2D eigenvalue weighted by Crippen LogP contribution is -2.12. The third-order valence-electron chi connectivity index (χ3n) is 4.02. The van der Waals surface area contributed by atoms with Gasteiger partial charge in [0.05, 0.1) is 0 Å². The Morgan fingerprint density at radius 1 is 1.26 bits per heavy atom. The minimum absolute atomic E-state index is 0.0594. The van der Waals surface area contributed by atoms with Crippen molar-refractivity contribution in [3.63, 3.8) is 0 Å². The van der Waals surface area contributed by atoms with Crippen molar-refractivity contribution in [1.82, 2.24) is 20.3 Å². The summed E-state index contributed by atoms with van der Waals surface area (Å²) >= 11 is 0. The maximum absolute atomic E-state index is 13.0. The molecule has 27 heavy (non-hydrogen) atoms. The SMILES string of the molecule is CC(C)(C)c1cc(NC(=O)CCCc2nc(-c3ccc(F)cc3)no2)n[nH]1. The predicted molar refractivity (Wildman–Crippen MR) is 98.5 cm³/mol. The fourth-order valence-electron chi connectivity index (χ4n) is 2.45. The average molecular weight is 371 g/mol. The molecule has 2 aromatic heterocycles. The van der Waals surface area contributed by atoms with Gasteiger partial charge in [0.1, 0.15) is 5.82 Å². The highest BCUT2D eigenvalue weighted by Crippen LogP contribution is 2.22. The minimum Gasteiger partial charge on any atom is -0.339 e. The summed E-state index contributed by atoms with van der Waals surface area (Å²) in [5.41, 5.74) is 1.57. The number of aryl methyl sites for hydroxylation is 1. The van der Waals surface area contributed by atoms with Crippen molar-refractivity contribution < 1.29 is 13.7 Å². The van der Waals surface area contributed by atoms with Crippen LogP contribution in [-0.4, -0.2) is 26.2 Å². The summed E-state index contributed by atoms with van der Waals surface area (Å²) in [7, 11) is 0. The van der Waals surface area contributed by atoms with E-state index in [2.05, 4.69) is 46.4 Å². The molecule has 0 radical (unpaired) electrons. The molecule has 0 atom stereocenters. The molecular formula is C19H22FN5O2. The molecule has 0 unspecified atom stereocenters. The summed E-state index contributed by atoms with van der Waals surface area (Å²) in [5, 5.41) is 13.7. The second kappa shape index (κ2) is 7.69. The first-order chi connectivity index (χ1) is 12.8. The number of hydrogen-bond donors (Lipinski definition) is 2. The van der Waals surface area contributed by atoms with Gasteiger partial charge in [-0.2, -0.15) is 10.1 Å². The molecule has 2 heterocycles. The molecule has 0 fully saturated rings. The first-order valence-corrected chi connectivity index (χ1v) is 8.75. The molecule has 8 heteroatoms. The van der Waals surface area contributed by atoms with E-state index in [4.69, 9.17) is 4.52 Å². The van der Waals surface area contributed by atoms with Crippen molar-refractivity contribution in [2.75, 3.05) is 5.32 Å². The Bertz CT molecular complexity index is 909. The van der Waals surface area contributed by atoms with Crippen molar-refractivity contribution in [3.05, 3.63) is 47.7 Å². The summed E-state index contributed by atoms with van der Waals surface area (Å²) in [5.74, 6) is 0.916. The zero-order valence-electron chi connectivity index (χ0n) is 15.5. The number of halogens is 1. The van der Waals surface area contributed by atoms with Crippen LogP contribution in [0, 0.1) is 5.82 Å². The molecule has 0 spiro atoms. The third kappa shape index (κ3) is 4.99. The van der Waals surface area contributed by atoms with Gasteiger partial charge < -0.3 is 9.84 Å². The molecule has 1 amide bonds. The lowest BCUT2D eigenvalue weighted by atomic mass is 9.92. The summed E-state index contributed by atoms with van der Waals surface area (Å²) in [6, 6.07) is 7.71. The van der Waals surface area contributed by atoms with Crippen LogP contribution in [0.15, 0.2) is 34.9 Å². The highest BCUT2D eigenvalue weighted by atomic mass is 19.1. The van der Waals surface area contributed by atoms with Crippen LogP contribution in [0.1, 0.15) is 45.2 Å². The van der Waals surface area contributed by atoms with Gasteiger partial charge in [-0.05, 0) is 30.7 Å². The van der Waals surface area contributed by atoms with Crippen molar-refractivity contribution in [1.29, 1.82) is 0 Å². The fourth-order valence-corrected chi connectivity index (χ4v) is 2.45. The Hall–Kier alpha value is -3.03. The van der Waals surface area contributed by atoms with Crippen LogP contribution in [-0.2, 0) is 16.6 Å². The lowest BCUT2D eigenvalue weighted by molar-refractivity contribution is -0.116. The molecule has 0 saturated heterocycles. The third-order valence-corrected chi connectivity index (χ3v) is 4.02. The van der Waals surface area contributed by atoms with Crippen LogP contribution in [0.3, 0.4) is 0 Å². The average Bonchev–Trinajstić information content (AvgIpc) is 3.25. The molecule has 0 aliphatic carbocycles. The number of benzene rings is 1. The predicted octanol–water partition coefficient (Wildman–Crippen LogP) is 3.86. The molecule has 2 N–H and O–H groups in total. The molecule has 3 rings (SSSR count). The zero-order chi connectivity index (χ0) is 19.4. The van der Waals surface area contributed by atoms with Gasteiger partial charge >= 0.3 is 0 Å². The van der Waals surface area contributed by atoms with E-state index in [9.17, 15) is 9.18 Å². The van der Waals surface area contributed by atoms with Gasteiger partial charge in [-0.3, -0.25) is 9.89 Å². The van der Waals surface area contributed by atoms with E-state index in [0.717, 1.165) is 5.69 Å². The molecule has 0 bridgehead atoms. The Morgan fingerprint density at radius 3 is 2.67 bits per heavy atom. The van der Waals surface area contributed by atoms with Crippen LogP contribution in [0.25, 0.3) is 11.4 Å². The van der Waals surface area contributed by atoms with Gasteiger partial charge in [0.2, 0.25) is 17.6 Å². The van der Waals surface area contributed by atoms with E-state index in [1.807, 2.05) is 6.07 Å². The van der Waals surface area contributed by atoms with E-state index >= 15 is 0 Å². The number of carbonyl (C=O) groups is 1. The van der Waals surface area contributed by atoms with Crippen molar-refractivity contribution in [2.45, 2.75) is 45.4 Å². The smallest absolute Gasteiger partial charge is 0.226 e. The van der Waals surface area contributed by atoms with Crippen LogP contribution in [0.2, 0.25) is 0 Å². The van der Waals surface area contributed by atoms with Crippen molar-refractivity contribution >= 4 is 11.7 Å². The van der Waals surface area contributed by atoms with Crippen LogP contribution < -0.4 is 5.32 Å². The van der Waals surface area contributed by atoms with Gasteiger partial charge in [0.25, 0.3) is 0 Å². The standard InChI is InChI=1S/C19H22FN5O2/c1-19(2,3)14-11-15(24-23-14)21-16(26)5-4-6-17-22-18(25-27-17)12-7-9-13(20)10-8-12/h7-11H,4-6H2,1-3H3,(H2,21,23,24,26). The number of nitrogens with one attached hydrogen (secondary N) is 2. The van der Waals surface area contributed by atoms with E-state index in [0.29, 0.717) is 42.4 Å². The lowest BCUT2D eigenvalue weighted by Gasteiger charge is -2.14. The van der Waals surface area contributed by atoms with E-state index in [1.165, 1.54) is 12.1 Å². The van der Waals surface area contributed by atoms with Gasteiger partial charge in [0, 0.05) is 35.6 Å². The summed E-state index contributed by atoms with van der Waals surface area (Å²) in [4.78, 5) is 16.3. The Morgan fingerprint density at radius 2 is 2.00 bits per heavy atom. The number of amides is 1. The number of rotatable bonds is 6. The van der Waals surface area contributed by atoms with Gasteiger partial charge in [-0.1, -0.05) is 25.9 Å². The molecule has 142 valence electrons. The number of nitrogens with zero attached hydrogens (tertiary/aromatic N) is 3. The summed E-state index contributed by atoms with van der Waals surface area (Å²) < 4.78 is 18.1. The number of aromatic nitrogens is 4. The Labute approximate surface area is 156 Å². The normalized spacial score (nSPS) is 11.6. The summed E-state index contributed by atoms with van der Waals surface area (Å²) in [6.45, 7) is 6.20. The minimum atomic E-state index is -0.319. The molecule has 3 aromatic rings. The zero-order valence-corrected chi connectivity index (χ0v) is 15.5. The second-order valence-corrected chi connectivity index (χ2v) is 7.34. The molecule has 7 nitrogen and oxygen atoms in total.